The summed E-state index contributed by atoms with van der Waals surface area (Å²) < 4.78 is 46.1. The number of hydrogen-bond acceptors (Lipinski definition) is 4. The highest BCUT2D eigenvalue weighted by Crippen LogP contribution is 2.22. The van der Waals surface area contributed by atoms with Crippen LogP contribution in [0.5, 0.6) is 0 Å². The van der Waals surface area contributed by atoms with Crippen molar-refractivity contribution < 1.29 is 32.5 Å². The molecule has 0 saturated carbocycles. The zero-order valence-corrected chi connectivity index (χ0v) is 9.32. The second kappa shape index (κ2) is 5.19. The first-order chi connectivity index (χ1) is 7.75. The molecule has 1 aliphatic heterocycles. The Kier molecular flexibility index (Phi) is 4.34. The Hall–Kier alpha value is -0.860. The van der Waals surface area contributed by atoms with E-state index >= 15 is 0 Å². The Labute approximate surface area is 95.9 Å². The lowest BCUT2D eigenvalue weighted by molar-refractivity contribution is -0.218. The lowest BCUT2D eigenvalue weighted by Crippen LogP contribution is -2.57. The molecule has 0 aromatic carbocycles. The van der Waals surface area contributed by atoms with Crippen LogP contribution in [0.4, 0.5) is 13.2 Å². The van der Waals surface area contributed by atoms with Gasteiger partial charge in [-0.15, -0.1) is 0 Å². The van der Waals surface area contributed by atoms with Gasteiger partial charge in [-0.1, -0.05) is 0 Å². The zero-order valence-electron chi connectivity index (χ0n) is 9.32. The molecular formula is C9H14F3NO4. The van der Waals surface area contributed by atoms with Gasteiger partial charge < -0.3 is 19.9 Å². The fourth-order valence-corrected chi connectivity index (χ4v) is 1.60. The minimum atomic E-state index is -4.97. The molecule has 2 N–H and O–H groups in total. The summed E-state index contributed by atoms with van der Waals surface area (Å²) in [6.45, 7) is 1.49. The Morgan fingerprint density at radius 3 is 2.59 bits per heavy atom. The fourth-order valence-electron chi connectivity index (χ4n) is 1.60. The van der Waals surface area contributed by atoms with Crippen molar-refractivity contribution in [2.75, 3.05) is 7.11 Å². The van der Waals surface area contributed by atoms with Crippen molar-refractivity contribution in [3.8, 4) is 0 Å². The van der Waals surface area contributed by atoms with E-state index in [4.69, 9.17) is 9.47 Å². The van der Waals surface area contributed by atoms with Gasteiger partial charge in [0, 0.05) is 13.5 Å². The molecule has 0 unspecified atom stereocenters. The summed E-state index contributed by atoms with van der Waals surface area (Å²) in [6, 6.07) is -1.04. The summed E-state index contributed by atoms with van der Waals surface area (Å²) in [5, 5.41) is 11.3. The number of carbonyl (C=O) groups is 1. The summed E-state index contributed by atoms with van der Waals surface area (Å²) in [5.74, 6) is -2.08. The highest BCUT2D eigenvalue weighted by Gasteiger charge is 2.43. The fraction of sp³-hybridized carbons (Fsp3) is 0.889. The second-order valence-corrected chi connectivity index (χ2v) is 3.81. The average Bonchev–Trinajstić information content (AvgIpc) is 2.22. The van der Waals surface area contributed by atoms with Crippen molar-refractivity contribution >= 4 is 5.91 Å². The molecule has 1 aliphatic rings. The molecule has 17 heavy (non-hydrogen) atoms. The quantitative estimate of drug-likeness (QED) is 0.740. The van der Waals surface area contributed by atoms with Crippen LogP contribution in [0.25, 0.3) is 0 Å². The maximum absolute atomic E-state index is 12.1. The first kappa shape index (κ1) is 14.2. The Morgan fingerprint density at radius 1 is 1.53 bits per heavy atom. The number of ether oxygens (including phenoxy) is 2. The molecular weight excluding hydrogens is 243 g/mol. The van der Waals surface area contributed by atoms with Crippen LogP contribution >= 0.6 is 0 Å². The second-order valence-electron chi connectivity index (χ2n) is 3.81. The van der Waals surface area contributed by atoms with Gasteiger partial charge in [0.25, 0.3) is 0 Å². The van der Waals surface area contributed by atoms with Crippen LogP contribution in [0.3, 0.4) is 0 Å². The van der Waals surface area contributed by atoms with E-state index in [1.54, 1.807) is 5.32 Å². The number of aliphatic hydroxyl groups is 1. The molecule has 0 aromatic rings. The zero-order chi connectivity index (χ0) is 13.2. The van der Waals surface area contributed by atoms with Crippen LogP contribution in [-0.2, 0) is 14.3 Å². The van der Waals surface area contributed by atoms with E-state index in [1.807, 2.05) is 0 Å². The Morgan fingerprint density at radius 2 is 2.12 bits per heavy atom. The van der Waals surface area contributed by atoms with Gasteiger partial charge in [-0.2, -0.15) is 13.2 Å². The van der Waals surface area contributed by atoms with E-state index in [-0.39, 0.29) is 6.42 Å². The molecule has 0 aliphatic carbocycles. The van der Waals surface area contributed by atoms with Crippen LogP contribution < -0.4 is 5.32 Å². The molecule has 5 nitrogen and oxygen atoms in total. The minimum Gasteiger partial charge on any atom is -0.388 e. The Bertz CT molecular complexity index is 284. The van der Waals surface area contributed by atoms with Crippen molar-refractivity contribution in [3.63, 3.8) is 0 Å². The molecule has 1 amide bonds. The molecule has 0 bridgehead atoms. The average molecular weight is 257 g/mol. The highest BCUT2D eigenvalue weighted by atomic mass is 19.4. The monoisotopic (exact) mass is 257 g/mol. The van der Waals surface area contributed by atoms with Crippen LogP contribution in [0.1, 0.15) is 13.3 Å². The van der Waals surface area contributed by atoms with Crippen LogP contribution in [-0.4, -0.2) is 48.8 Å². The molecule has 1 fully saturated rings. The van der Waals surface area contributed by atoms with Crippen LogP contribution in [0, 0.1) is 0 Å². The number of rotatable bonds is 2. The first-order valence-electron chi connectivity index (χ1n) is 4.99. The number of amides is 1. The molecule has 100 valence electrons. The highest BCUT2D eigenvalue weighted by molar-refractivity contribution is 5.82. The third-order valence-electron chi connectivity index (χ3n) is 2.54. The predicted molar refractivity (Wildman–Crippen MR) is 50.0 cm³/mol. The summed E-state index contributed by atoms with van der Waals surface area (Å²) in [7, 11) is 1.33. The third kappa shape index (κ3) is 3.55. The molecule has 1 heterocycles. The number of aliphatic hydroxyl groups excluding tert-OH is 1. The van der Waals surface area contributed by atoms with Gasteiger partial charge in [0.15, 0.2) is 6.29 Å². The number of methoxy groups -OCH3 is 1. The smallest absolute Gasteiger partial charge is 0.388 e. The maximum atomic E-state index is 12.1. The molecule has 0 aromatic heterocycles. The van der Waals surface area contributed by atoms with Gasteiger partial charge in [-0.05, 0) is 6.92 Å². The SMILES string of the molecule is CO[C@H]1C[C@@H](NC(=O)C(F)(F)F)[C@@H](O)[C@H](C)O1. The summed E-state index contributed by atoms with van der Waals surface area (Å²) in [6.07, 6.45) is -7.67. The van der Waals surface area contributed by atoms with Crippen LogP contribution in [0.15, 0.2) is 0 Å². The van der Waals surface area contributed by atoms with Gasteiger partial charge >= 0.3 is 12.1 Å². The number of hydrogen-bond donors (Lipinski definition) is 2. The molecule has 0 radical (unpaired) electrons. The molecule has 1 saturated heterocycles. The van der Waals surface area contributed by atoms with Gasteiger partial charge in [0.1, 0.15) is 6.10 Å². The topological polar surface area (TPSA) is 67.8 Å². The van der Waals surface area contributed by atoms with E-state index in [0.717, 1.165) is 0 Å². The van der Waals surface area contributed by atoms with Crippen molar-refractivity contribution in [1.82, 2.24) is 5.32 Å². The van der Waals surface area contributed by atoms with Crippen molar-refractivity contribution in [1.29, 1.82) is 0 Å². The van der Waals surface area contributed by atoms with Crippen molar-refractivity contribution in [3.05, 3.63) is 0 Å². The van der Waals surface area contributed by atoms with E-state index in [2.05, 4.69) is 0 Å². The lowest BCUT2D eigenvalue weighted by Gasteiger charge is -2.37. The standard InChI is InChI=1S/C9H14F3NO4/c1-4-7(14)5(3-6(16-2)17-4)13-8(15)9(10,11)12/h4-7,14H,3H2,1-2H3,(H,13,15)/t4-,5+,6+,7-/m0/s1. The van der Waals surface area contributed by atoms with E-state index in [1.165, 1.54) is 14.0 Å². The lowest BCUT2D eigenvalue weighted by atomic mass is 9.99. The van der Waals surface area contributed by atoms with E-state index < -0.39 is 36.6 Å². The molecule has 4 atom stereocenters. The normalized spacial score (nSPS) is 34.5. The van der Waals surface area contributed by atoms with E-state index in [0.29, 0.717) is 0 Å². The van der Waals surface area contributed by atoms with Gasteiger partial charge in [-0.3, -0.25) is 4.79 Å². The number of carbonyl (C=O) groups excluding carboxylic acids is 1. The summed E-state index contributed by atoms with van der Waals surface area (Å²) in [4.78, 5) is 10.8. The number of halogens is 3. The van der Waals surface area contributed by atoms with Gasteiger partial charge in [-0.25, -0.2) is 0 Å². The van der Waals surface area contributed by atoms with E-state index in [9.17, 15) is 23.1 Å². The first-order valence-corrected chi connectivity index (χ1v) is 4.99. The number of alkyl halides is 3. The molecule has 1 rings (SSSR count). The van der Waals surface area contributed by atoms with Gasteiger partial charge in [0.2, 0.25) is 0 Å². The summed E-state index contributed by atoms with van der Waals surface area (Å²) >= 11 is 0. The van der Waals surface area contributed by atoms with Crippen LogP contribution in [0.2, 0.25) is 0 Å². The number of nitrogens with one attached hydrogen (secondary N) is 1. The maximum Gasteiger partial charge on any atom is 0.471 e. The minimum absolute atomic E-state index is 0.0379. The molecule has 0 spiro atoms. The van der Waals surface area contributed by atoms with Crippen molar-refractivity contribution in [2.24, 2.45) is 0 Å². The Balaban J connectivity index is 2.65. The summed E-state index contributed by atoms with van der Waals surface area (Å²) in [5.41, 5.74) is 0. The largest absolute Gasteiger partial charge is 0.471 e. The molecule has 8 heteroatoms. The predicted octanol–water partition coefficient (Wildman–Crippen LogP) is 0.176. The van der Waals surface area contributed by atoms with Gasteiger partial charge in [0.05, 0.1) is 12.1 Å². The third-order valence-corrected chi connectivity index (χ3v) is 2.54. The van der Waals surface area contributed by atoms with Crippen molar-refractivity contribution in [2.45, 2.75) is 44.1 Å².